The van der Waals surface area contributed by atoms with Crippen LogP contribution in [0.5, 0.6) is 5.75 Å². The first kappa shape index (κ1) is 20.4. The molecule has 1 aromatic heterocycles. The molecule has 0 saturated carbocycles. The lowest BCUT2D eigenvalue weighted by Crippen LogP contribution is -2.50. The summed E-state index contributed by atoms with van der Waals surface area (Å²) in [6, 6.07) is 13.5. The Balaban J connectivity index is 1.22. The van der Waals surface area contributed by atoms with Gasteiger partial charge in [-0.15, -0.1) is 0 Å². The molecule has 2 aliphatic heterocycles. The minimum atomic E-state index is -0.315. The van der Waals surface area contributed by atoms with E-state index in [1.54, 1.807) is 18.9 Å². The van der Waals surface area contributed by atoms with Gasteiger partial charge in [-0.2, -0.15) is 0 Å². The molecule has 166 valence electrons. The van der Waals surface area contributed by atoms with Gasteiger partial charge in [0.1, 0.15) is 11.3 Å². The molecule has 8 nitrogen and oxygen atoms in total. The normalized spacial score (nSPS) is 19.1. The highest BCUT2D eigenvalue weighted by Crippen LogP contribution is 2.30. The molecular weight excluding hydrogens is 408 g/mol. The number of ether oxygens (including phenoxy) is 1. The highest BCUT2D eigenvalue weighted by molar-refractivity contribution is 6.01. The molecule has 2 fully saturated rings. The fourth-order valence-corrected chi connectivity index (χ4v) is 4.56. The van der Waals surface area contributed by atoms with E-state index in [-0.39, 0.29) is 24.2 Å². The molecular formula is C24H26N4O4. The van der Waals surface area contributed by atoms with Gasteiger partial charge in [0.15, 0.2) is 11.5 Å². The fourth-order valence-electron chi connectivity index (χ4n) is 4.56. The summed E-state index contributed by atoms with van der Waals surface area (Å²) in [4.78, 5) is 36.1. The predicted molar refractivity (Wildman–Crippen MR) is 121 cm³/mol. The molecule has 0 bridgehead atoms. The summed E-state index contributed by atoms with van der Waals surface area (Å²) in [7, 11) is 1.65. The van der Waals surface area contributed by atoms with Crippen molar-refractivity contribution in [2.75, 3.05) is 49.6 Å². The third-order valence-electron chi connectivity index (χ3n) is 6.29. The largest absolute Gasteiger partial charge is 0.497 e. The van der Waals surface area contributed by atoms with Gasteiger partial charge in [0, 0.05) is 57.4 Å². The summed E-state index contributed by atoms with van der Waals surface area (Å²) < 4.78 is 10.7. The van der Waals surface area contributed by atoms with Crippen LogP contribution < -0.4 is 14.5 Å². The monoisotopic (exact) mass is 434 g/mol. The minimum Gasteiger partial charge on any atom is -0.497 e. The first-order chi connectivity index (χ1) is 15.5. The van der Waals surface area contributed by atoms with Crippen LogP contribution in [-0.2, 0) is 9.59 Å². The van der Waals surface area contributed by atoms with E-state index in [9.17, 15) is 9.59 Å². The van der Waals surface area contributed by atoms with Crippen molar-refractivity contribution in [3.63, 3.8) is 0 Å². The molecule has 2 aliphatic rings. The van der Waals surface area contributed by atoms with Gasteiger partial charge in [-0.05, 0) is 42.5 Å². The summed E-state index contributed by atoms with van der Waals surface area (Å²) in [5, 5.41) is 0. The molecule has 2 saturated heterocycles. The number of hydrogen-bond acceptors (Lipinski definition) is 6. The third-order valence-corrected chi connectivity index (χ3v) is 6.29. The van der Waals surface area contributed by atoms with E-state index in [0.29, 0.717) is 31.1 Å². The summed E-state index contributed by atoms with van der Waals surface area (Å²) in [5.41, 5.74) is 3.30. The zero-order valence-corrected chi connectivity index (χ0v) is 18.3. The van der Waals surface area contributed by atoms with Gasteiger partial charge < -0.3 is 23.9 Å². The van der Waals surface area contributed by atoms with Crippen LogP contribution >= 0.6 is 0 Å². The number of aromatic nitrogens is 1. The van der Waals surface area contributed by atoms with Crippen LogP contribution in [0.2, 0.25) is 0 Å². The van der Waals surface area contributed by atoms with Gasteiger partial charge in [-0.3, -0.25) is 9.59 Å². The first-order valence-corrected chi connectivity index (χ1v) is 10.9. The molecule has 1 atom stereocenters. The topological polar surface area (TPSA) is 79.1 Å². The van der Waals surface area contributed by atoms with E-state index in [4.69, 9.17) is 9.15 Å². The third kappa shape index (κ3) is 3.77. The number of carbonyl (C=O) groups is 2. The zero-order chi connectivity index (χ0) is 22.2. The molecule has 8 heteroatoms. The molecule has 5 rings (SSSR count). The number of aryl methyl sites for hydroxylation is 1. The average molecular weight is 434 g/mol. The van der Waals surface area contributed by atoms with Crippen molar-refractivity contribution in [1.82, 2.24) is 9.88 Å². The number of hydrogen-bond donors (Lipinski definition) is 0. The number of anilines is 2. The Kier molecular flexibility index (Phi) is 5.20. The van der Waals surface area contributed by atoms with Crippen LogP contribution in [0.4, 0.5) is 11.4 Å². The number of oxazole rings is 1. The second-order valence-electron chi connectivity index (χ2n) is 8.30. The first-order valence-electron chi connectivity index (χ1n) is 10.9. The number of carbonyl (C=O) groups excluding carboxylic acids is 2. The fraction of sp³-hybridized carbons (Fsp3) is 0.375. The molecule has 0 N–H and O–H groups in total. The predicted octanol–water partition coefficient (Wildman–Crippen LogP) is 2.85. The zero-order valence-electron chi connectivity index (χ0n) is 18.3. The number of piperazine rings is 1. The Morgan fingerprint density at radius 3 is 2.50 bits per heavy atom. The highest BCUT2D eigenvalue weighted by atomic mass is 16.5. The summed E-state index contributed by atoms with van der Waals surface area (Å²) >= 11 is 0. The van der Waals surface area contributed by atoms with Gasteiger partial charge in [-0.25, -0.2) is 4.98 Å². The molecule has 0 radical (unpaired) electrons. The van der Waals surface area contributed by atoms with Gasteiger partial charge in [0.05, 0.1) is 13.0 Å². The van der Waals surface area contributed by atoms with E-state index in [1.165, 1.54) is 0 Å². The van der Waals surface area contributed by atoms with Crippen LogP contribution in [0.1, 0.15) is 12.3 Å². The Morgan fingerprint density at radius 1 is 1.06 bits per heavy atom. The Bertz CT molecular complexity index is 1150. The van der Waals surface area contributed by atoms with Crippen molar-refractivity contribution >= 4 is 34.3 Å². The van der Waals surface area contributed by atoms with E-state index in [2.05, 4.69) is 9.88 Å². The molecule has 3 heterocycles. The Labute approximate surface area is 186 Å². The number of fused-ring (bicyclic) bond motifs is 1. The van der Waals surface area contributed by atoms with Crippen LogP contribution in [-0.4, -0.2) is 61.5 Å². The lowest BCUT2D eigenvalue weighted by molar-refractivity contribution is -0.136. The number of benzene rings is 2. The molecule has 3 aromatic rings. The summed E-state index contributed by atoms with van der Waals surface area (Å²) in [6.45, 7) is 5.04. The number of rotatable bonds is 4. The van der Waals surface area contributed by atoms with E-state index < -0.39 is 0 Å². The quantitative estimate of drug-likeness (QED) is 0.628. The Hall–Kier alpha value is -3.55. The summed E-state index contributed by atoms with van der Waals surface area (Å²) in [5.74, 6) is 1.14. The molecule has 2 aromatic carbocycles. The second kappa shape index (κ2) is 8.18. The van der Waals surface area contributed by atoms with Crippen LogP contribution in [0, 0.1) is 12.8 Å². The molecule has 0 aliphatic carbocycles. The highest BCUT2D eigenvalue weighted by Gasteiger charge is 2.38. The van der Waals surface area contributed by atoms with E-state index >= 15 is 0 Å². The van der Waals surface area contributed by atoms with Gasteiger partial charge in [-0.1, -0.05) is 0 Å². The van der Waals surface area contributed by atoms with E-state index in [1.807, 2.05) is 47.4 Å². The van der Waals surface area contributed by atoms with Crippen molar-refractivity contribution in [3.8, 4) is 5.75 Å². The number of amides is 2. The lowest BCUT2D eigenvalue weighted by Gasteiger charge is -2.37. The SMILES string of the molecule is COc1ccc(N2CCN(C(=O)[C@@H]3CC(=O)N(c4ccc5oc(C)nc5c4)C3)CC2)cc1. The standard InChI is InChI=1S/C24H26N4O4/c1-16-25-21-14-19(5-8-22(21)32-16)28-15-17(13-23(28)29)24(30)27-11-9-26(10-12-27)18-3-6-20(31-2)7-4-18/h3-8,14,17H,9-13,15H2,1-2H3/t17-/m1/s1. The van der Waals surface area contributed by atoms with Crippen molar-refractivity contribution in [1.29, 1.82) is 0 Å². The number of nitrogens with zero attached hydrogens (tertiary/aromatic N) is 4. The Morgan fingerprint density at radius 2 is 1.78 bits per heavy atom. The van der Waals surface area contributed by atoms with Crippen LogP contribution in [0.3, 0.4) is 0 Å². The minimum absolute atomic E-state index is 0.0280. The molecule has 32 heavy (non-hydrogen) atoms. The second-order valence-corrected chi connectivity index (χ2v) is 8.30. The van der Waals surface area contributed by atoms with Crippen molar-refractivity contribution in [2.24, 2.45) is 5.92 Å². The smallest absolute Gasteiger partial charge is 0.228 e. The van der Waals surface area contributed by atoms with Gasteiger partial charge in [0.25, 0.3) is 0 Å². The van der Waals surface area contributed by atoms with Crippen molar-refractivity contribution in [2.45, 2.75) is 13.3 Å². The van der Waals surface area contributed by atoms with Gasteiger partial charge >= 0.3 is 0 Å². The average Bonchev–Trinajstić information content (AvgIpc) is 3.39. The van der Waals surface area contributed by atoms with Gasteiger partial charge in [0.2, 0.25) is 11.8 Å². The van der Waals surface area contributed by atoms with Crippen molar-refractivity contribution in [3.05, 3.63) is 48.4 Å². The maximum absolute atomic E-state index is 13.1. The number of methoxy groups -OCH3 is 1. The maximum atomic E-state index is 13.1. The van der Waals surface area contributed by atoms with Crippen molar-refractivity contribution < 1.29 is 18.7 Å². The molecule has 0 spiro atoms. The maximum Gasteiger partial charge on any atom is 0.228 e. The van der Waals surface area contributed by atoms with Crippen LogP contribution in [0.25, 0.3) is 11.1 Å². The summed E-state index contributed by atoms with van der Waals surface area (Å²) in [6.07, 6.45) is 0.243. The van der Waals surface area contributed by atoms with E-state index in [0.717, 1.165) is 35.7 Å². The molecule has 0 unspecified atom stereocenters. The lowest BCUT2D eigenvalue weighted by atomic mass is 10.1. The van der Waals surface area contributed by atoms with Crippen LogP contribution in [0.15, 0.2) is 46.9 Å². The molecule has 2 amide bonds.